The minimum absolute atomic E-state index is 0. The summed E-state index contributed by atoms with van der Waals surface area (Å²) >= 11 is 0. The third-order valence-electron chi connectivity index (χ3n) is 10.4. The van der Waals surface area contributed by atoms with Crippen LogP contribution in [0.3, 0.4) is 0 Å². The van der Waals surface area contributed by atoms with Crippen molar-refractivity contribution in [1.29, 1.82) is 0 Å². The normalized spacial score (nSPS) is 31.1. The van der Waals surface area contributed by atoms with Crippen molar-refractivity contribution in [3.05, 3.63) is 23.8 Å². The molecule has 4 rings (SSSR count). The number of hydrogen-bond donors (Lipinski definition) is 14. The third kappa shape index (κ3) is 13.6. The number of rotatable bonds is 9. The van der Waals surface area contributed by atoms with E-state index in [0.717, 1.165) is 17.0 Å². The Hall–Kier alpha value is -4.30. The number of carbonyl (C=O) groups excluding carboxylic acids is 7. The van der Waals surface area contributed by atoms with Crippen LogP contribution in [0.2, 0.25) is 0 Å². The van der Waals surface area contributed by atoms with Crippen molar-refractivity contribution >= 4 is 52.3 Å². The first-order chi connectivity index (χ1) is 28.5. The summed E-state index contributed by atoms with van der Waals surface area (Å²) in [5.74, 6) is -11.0. The van der Waals surface area contributed by atoms with Crippen molar-refractivity contribution in [2.45, 2.75) is 106 Å². The first-order valence-corrected chi connectivity index (χ1v) is 19.7. The second-order valence-electron chi connectivity index (χ2n) is 15.0. The van der Waals surface area contributed by atoms with Crippen LogP contribution in [0.1, 0.15) is 31.7 Å². The number of aliphatic hydroxyl groups is 7. The molecule has 348 valence electrons. The van der Waals surface area contributed by atoms with Gasteiger partial charge in [0, 0.05) is 38.3 Å². The minimum atomic E-state index is -3.18. The molecule has 27 nitrogen and oxygen atoms in total. The molecule has 3 fully saturated rings. The topological polar surface area (TPSA) is 463 Å². The van der Waals surface area contributed by atoms with E-state index in [0.29, 0.717) is 4.90 Å². The molecule has 1 aromatic carbocycles. The van der Waals surface area contributed by atoms with Crippen molar-refractivity contribution < 1.29 is 122 Å². The van der Waals surface area contributed by atoms with Crippen molar-refractivity contribution in [3.8, 4) is 11.5 Å². The Bertz CT molecular complexity index is 1920. The maximum atomic E-state index is 14.2. The SMILES string of the molecule is CC1CN2C(=O)C(C(O)CC(N)=O)NC(=O)C(C(O)Cc3ccc(O)c(O[S-](=O)=O)c3)NC(=O)C3CC(O)CN3C(=O)C(CO)NC(=O)C(N)CC(O)C(O)NC(=O)C2C1O.O.[Na+]. The first kappa shape index (κ1) is 54.8. The van der Waals surface area contributed by atoms with Crippen LogP contribution in [0.4, 0.5) is 0 Å². The average molecular weight is 931 g/mol. The predicted octanol–water partition coefficient (Wildman–Crippen LogP) is -12.5. The molecule has 13 unspecified atom stereocenters. The van der Waals surface area contributed by atoms with Crippen molar-refractivity contribution in [2.24, 2.45) is 17.4 Å². The van der Waals surface area contributed by atoms with E-state index >= 15 is 0 Å². The molecule has 63 heavy (non-hydrogen) atoms. The maximum absolute atomic E-state index is 14.2. The van der Waals surface area contributed by atoms with Crippen LogP contribution < -0.4 is 66.5 Å². The Morgan fingerprint density at radius 1 is 0.873 bits per heavy atom. The number of phenolic OH excluding ortho intramolecular Hbond substituents is 1. The van der Waals surface area contributed by atoms with Gasteiger partial charge in [0.05, 0.1) is 43.5 Å². The van der Waals surface area contributed by atoms with Crippen LogP contribution >= 0.6 is 0 Å². The molecule has 3 aliphatic heterocycles. The molecule has 18 N–H and O–H groups in total. The monoisotopic (exact) mass is 930 g/mol. The maximum Gasteiger partial charge on any atom is 1.00 e. The zero-order valence-electron chi connectivity index (χ0n) is 33.8. The van der Waals surface area contributed by atoms with Crippen molar-refractivity contribution in [3.63, 3.8) is 0 Å². The van der Waals surface area contributed by atoms with Gasteiger partial charge in [-0.05, 0) is 17.7 Å². The van der Waals surface area contributed by atoms with Crippen LogP contribution in [-0.4, -0.2) is 190 Å². The van der Waals surface area contributed by atoms with Gasteiger partial charge in [0.15, 0.2) is 12.0 Å². The largest absolute Gasteiger partial charge is 1.00 e. The second-order valence-corrected chi connectivity index (χ2v) is 15.6. The van der Waals surface area contributed by atoms with Gasteiger partial charge >= 0.3 is 29.6 Å². The number of nitrogens with two attached hydrogens (primary N) is 2. The molecule has 13 atom stereocenters. The molecular weight excluding hydrogens is 879 g/mol. The van der Waals surface area contributed by atoms with Gasteiger partial charge in [-0.2, -0.15) is 0 Å². The fourth-order valence-corrected chi connectivity index (χ4v) is 7.46. The molecule has 29 heteroatoms. The van der Waals surface area contributed by atoms with Gasteiger partial charge in [-0.3, -0.25) is 33.6 Å². The van der Waals surface area contributed by atoms with Crippen LogP contribution in [0.25, 0.3) is 0 Å². The summed E-state index contributed by atoms with van der Waals surface area (Å²) in [5.41, 5.74) is 11.1. The second kappa shape index (κ2) is 23.6. The summed E-state index contributed by atoms with van der Waals surface area (Å²) in [5, 5.41) is 94.1. The van der Waals surface area contributed by atoms with Gasteiger partial charge in [-0.25, -0.2) is 0 Å². The molecule has 0 aromatic heterocycles. The number of aromatic hydroxyl groups is 1. The zero-order valence-corrected chi connectivity index (χ0v) is 36.6. The first-order valence-electron chi connectivity index (χ1n) is 18.7. The number of primary amides is 1. The number of hydrogen-bond acceptors (Lipinski definition) is 20. The fraction of sp³-hybridized carbons (Fsp3) is 0.618. The van der Waals surface area contributed by atoms with Crippen LogP contribution in [0, 0.1) is 5.92 Å². The Balaban J connectivity index is 0.00000683. The Labute approximate surface area is 381 Å². The van der Waals surface area contributed by atoms with E-state index in [4.69, 9.17) is 11.5 Å². The number of fused-ring (bicyclic) bond motifs is 2. The molecule has 3 heterocycles. The van der Waals surface area contributed by atoms with Crippen LogP contribution in [-0.2, 0) is 59.4 Å². The van der Waals surface area contributed by atoms with Gasteiger partial charge in [0.2, 0.25) is 41.4 Å². The van der Waals surface area contributed by atoms with Gasteiger partial charge in [0.1, 0.15) is 53.0 Å². The zero-order chi connectivity index (χ0) is 45.6. The fourth-order valence-electron chi connectivity index (χ4n) is 7.18. The Morgan fingerprint density at radius 3 is 2.11 bits per heavy atom. The predicted molar refractivity (Wildman–Crippen MR) is 203 cm³/mol. The van der Waals surface area contributed by atoms with Crippen molar-refractivity contribution in [1.82, 2.24) is 31.1 Å². The summed E-state index contributed by atoms with van der Waals surface area (Å²) in [6.07, 6.45) is -14.5. The van der Waals surface area contributed by atoms with E-state index in [9.17, 15) is 82.8 Å². The number of benzene rings is 1. The number of carbonyl (C=O) groups is 7. The molecule has 3 saturated heterocycles. The summed E-state index contributed by atoms with van der Waals surface area (Å²) < 4.78 is 26.8. The number of aliphatic hydroxyl groups excluding tert-OH is 7. The molecule has 7 amide bonds. The molecule has 1 aromatic rings. The van der Waals surface area contributed by atoms with Gasteiger partial charge in [0.25, 0.3) is 0 Å². The molecule has 3 aliphatic rings. The van der Waals surface area contributed by atoms with Crippen LogP contribution in [0.5, 0.6) is 11.5 Å². The number of nitrogens with one attached hydrogen (secondary N) is 4. The minimum Gasteiger partial charge on any atom is -0.530 e. The number of phenols is 1. The summed E-state index contributed by atoms with van der Waals surface area (Å²) in [6.45, 7) is -0.695. The third-order valence-corrected chi connectivity index (χ3v) is 10.7. The van der Waals surface area contributed by atoms with E-state index in [1.807, 2.05) is 5.32 Å². The molecular formula is C34H51N8NaO19S. The van der Waals surface area contributed by atoms with E-state index in [1.165, 1.54) is 13.0 Å². The molecule has 0 bridgehead atoms. The van der Waals surface area contributed by atoms with Gasteiger partial charge in [-0.15, -0.1) is 0 Å². The quantitative estimate of drug-likeness (QED) is 0.0807. The Kier molecular flexibility index (Phi) is 20.5. The molecule has 0 aliphatic carbocycles. The van der Waals surface area contributed by atoms with E-state index in [2.05, 4.69) is 20.1 Å². The summed E-state index contributed by atoms with van der Waals surface area (Å²) in [7, 11) is -3.18. The van der Waals surface area contributed by atoms with Crippen molar-refractivity contribution in [2.75, 3.05) is 19.7 Å². The summed E-state index contributed by atoms with van der Waals surface area (Å²) in [6, 6.07) is -8.48. The van der Waals surface area contributed by atoms with E-state index in [1.54, 1.807) is 0 Å². The number of nitrogens with zero attached hydrogens (tertiary/aromatic N) is 2. The summed E-state index contributed by atoms with van der Waals surface area (Å²) in [4.78, 5) is 96.0. The van der Waals surface area contributed by atoms with Crippen LogP contribution in [0.15, 0.2) is 18.2 Å². The van der Waals surface area contributed by atoms with Gasteiger partial charge < -0.3 is 101 Å². The van der Waals surface area contributed by atoms with E-state index < -0.39 is 188 Å². The number of amides is 7. The standard InChI is InChI=1S/C34H49N8O18S.Na.H2O/c1-12-9-42-26(27(12)50)32(55)40-30(53)21(48)7-15(35)28(51)37-16(11-43)33(56)41-10-14(44)6-17(41)29(52)38-24(31(54)39-25(34(42)57)20(47)8-23(36)49)19(46)4-13-2-3-18(45)22(5-13)60-61(58)59;;/h2-3,5,12,14-17,19-21,24-27,30,43-48,50,53H,4,6-11,35H2,1H3,(H2,36,49)(H,37,51)(H,38,52)(H,39,54)(H,40,55);;1H2/q-1;+1;. The molecule has 0 spiro atoms. The van der Waals surface area contributed by atoms with Gasteiger partial charge in [-0.1, -0.05) is 13.0 Å². The molecule has 0 radical (unpaired) electrons. The smallest absolute Gasteiger partial charge is 0.530 e. The Morgan fingerprint density at radius 2 is 1.51 bits per heavy atom. The molecule has 0 saturated carbocycles. The van der Waals surface area contributed by atoms with E-state index in [-0.39, 0.29) is 40.6 Å². The average Bonchev–Trinajstić information content (AvgIpc) is 3.72.